The summed E-state index contributed by atoms with van der Waals surface area (Å²) in [5.74, 6) is 5.32. The van der Waals surface area contributed by atoms with E-state index in [1.54, 1.807) is 11.1 Å². The summed E-state index contributed by atoms with van der Waals surface area (Å²) in [4.78, 5) is 0. The Labute approximate surface area is 264 Å². The molecule has 1 nitrogen and oxygen atoms in total. The highest BCUT2D eigenvalue weighted by Gasteiger charge is 2.61. The zero-order valence-corrected chi connectivity index (χ0v) is 25.3. The zero-order valence-electron chi connectivity index (χ0n) is 25.3. The fourth-order valence-corrected chi connectivity index (χ4v) is 11.1. The first-order chi connectivity index (χ1) is 22.3. The van der Waals surface area contributed by atoms with Crippen molar-refractivity contribution in [2.24, 2.45) is 23.7 Å². The Hall–Kier alpha value is -4.62. The van der Waals surface area contributed by atoms with Gasteiger partial charge in [-0.1, -0.05) is 103 Å². The SMILES string of the molecule is c1ccc(-c2ccc3c(c2)-c2cccc4c(-c5cccc6c5-c5ccccc5C65C6CC7CC(C6)CC5C7)ccc(c24)O3)cc1. The highest BCUT2D eigenvalue weighted by Crippen LogP contribution is 2.70. The average Bonchev–Trinajstić information content (AvgIpc) is 3.39. The molecule has 0 N–H and O–H groups in total. The predicted octanol–water partition coefficient (Wildman–Crippen LogP) is 11.7. The van der Waals surface area contributed by atoms with Gasteiger partial charge in [-0.3, -0.25) is 0 Å². The highest BCUT2D eigenvalue weighted by atomic mass is 16.5. The van der Waals surface area contributed by atoms with Crippen molar-refractivity contribution in [2.75, 3.05) is 0 Å². The normalized spacial score (nSPS) is 26.0. The Kier molecular flexibility index (Phi) is 4.80. The van der Waals surface area contributed by atoms with Crippen LogP contribution in [0.4, 0.5) is 0 Å². The van der Waals surface area contributed by atoms with Crippen LogP contribution in [0.25, 0.3) is 55.3 Å². The highest BCUT2D eigenvalue weighted by molar-refractivity contribution is 6.12. The molecule has 45 heavy (non-hydrogen) atoms. The molecule has 4 bridgehead atoms. The molecule has 12 rings (SSSR count). The third-order valence-corrected chi connectivity index (χ3v) is 12.5. The molecule has 6 aliphatic rings. The van der Waals surface area contributed by atoms with E-state index >= 15 is 0 Å². The minimum Gasteiger partial charge on any atom is -0.456 e. The molecule has 1 spiro atoms. The Morgan fingerprint density at radius 3 is 2.00 bits per heavy atom. The van der Waals surface area contributed by atoms with E-state index in [2.05, 4.69) is 121 Å². The molecular weight excluding hydrogens is 544 g/mol. The molecule has 6 aromatic rings. The van der Waals surface area contributed by atoms with Crippen LogP contribution in [-0.4, -0.2) is 0 Å². The second kappa shape index (κ2) is 8.76. The summed E-state index contributed by atoms with van der Waals surface area (Å²) >= 11 is 0. The van der Waals surface area contributed by atoms with Crippen LogP contribution in [0.5, 0.6) is 11.5 Å². The molecule has 0 saturated heterocycles. The first-order valence-corrected chi connectivity index (χ1v) is 16.9. The van der Waals surface area contributed by atoms with Crippen molar-refractivity contribution in [3.05, 3.63) is 132 Å². The van der Waals surface area contributed by atoms with Crippen molar-refractivity contribution >= 4 is 10.8 Å². The third kappa shape index (κ3) is 3.14. The molecule has 0 atom stereocenters. The first-order valence-electron chi connectivity index (χ1n) is 16.9. The maximum absolute atomic E-state index is 6.63. The quantitative estimate of drug-likeness (QED) is 0.198. The van der Waals surface area contributed by atoms with Crippen molar-refractivity contribution in [3.8, 4) is 56.0 Å². The monoisotopic (exact) mass is 578 g/mol. The van der Waals surface area contributed by atoms with Gasteiger partial charge < -0.3 is 4.74 Å². The minimum absolute atomic E-state index is 0.178. The second-order valence-electron chi connectivity index (χ2n) is 14.5. The third-order valence-electron chi connectivity index (χ3n) is 12.5. The van der Waals surface area contributed by atoms with E-state index < -0.39 is 0 Å². The van der Waals surface area contributed by atoms with Gasteiger partial charge in [0.1, 0.15) is 11.5 Å². The molecular formula is C44H34O. The lowest BCUT2D eigenvalue weighted by atomic mass is 9.43. The van der Waals surface area contributed by atoms with E-state index in [9.17, 15) is 0 Å². The van der Waals surface area contributed by atoms with Gasteiger partial charge in [0.25, 0.3) is 0 Å². The molecule has 1 heteroatoms. The number of rotatable bonds is 2. The van der Waals surface area contributed by atoms with E-state index in [1.165, 1.54) is 87.4 Å². The average molecular weight is 579 g/mol. The number of fused-ring (bicyclic) bond motifs is 5. The van der Waals surface area contributed by atoms with Crippen LogP contribution in [0.1, 0.15) is 43.2 Å². The molecule has 1 heterocycles. The van der Waals surface area contributed by atoms with Gasteiger partial charge in [0.05, 0.1) is 0 Å². The Bertz CT molecular complexity index is 2180. The maximum Gasteiger partial charge on any atom is 0.135 e. The Balaban J connectivity index is 1.14. The minimum atomic E-state index is 0.178. The van der Waals surface area contributed by atoms with Gasteiger partial charge >= 0.3 is 0 Å². The summed E-state index contributed by atoms with van der Waals surface area (Å²) in [6.07, 6.45) is 7.12. The van der Waals surface area contributed by atoms with Crippen molar-refractivity contribution in [2.45, 2.75) is 37.5 Å². The molecule has 5 aliphatic carbocycles. The second-order valence-corrected chi connectivity index (χ2v) is 14.5. The molecule has 4 fully saturated rings. The first kappa shape index (κ1) is 24.7. The van der Waals surface area contributed by atoms with Crippen molar-refractivity contribution < 1.29 is 4.74 Å². The van der Waals surface area contributed by atoms with Crippen LogP contribution in [0.3, 0.4) is 0 Å². The van der Waals surface area contributed by atoms with Crippen molar-refractivity contribution in [3.63, 3.8) is 0 Å². The Morgan fingerprint density at radius 1 is 0.467 bits per heavy atom. The maximum atomic E-state index is 6.63. The molecule has 0 amide bonds. The van der Waals surface area contributed by atoms with E-state index in [0.717, 1.165) is 35.2 Å². The van der Waals surface area contributed by atoms with Gasteiger partial charge in [-0.15, -0.1) is 0 Å². The molecule has 0 aromatic heterocycles. The summed E-state index contributed by atoms with van der Waals surface area (Å²) in [6.45, 7) is 0. The fraction of sp³-hybridized carbons (Fsp3) is 0.227. The van der Waals surface area contributed by atoms with Gasteiger partial charge in [-0.25, -0.2) is 0 Å². The van der Waals surface area contributed by atoms with Gasteiger partial charge in [-0.2, -0.15) is 0 Å². The summed E-state index contributed by atoms with van der Waals surface area (Å²) in [5, 5.41) is 2.50. The number of hydrogen-bond donors (Lipinski definition) is 0. The fourth-order valence-electron chi connectivity index (χ4n) is 11.1. The lowest BCUT2D eigenvalue weighted by Gasteiger charge is -2.61. The molecule has 216 valence electrons. The van der Waals surface area contributed by atoms with Crippen LogP contribution in [0.15, 0.2) is 121 Å². The van der Waals surface area contributed by atoms with Gasteiger partial charge in [0.2, 0.25) is 0 Å². The smallest absolute Gasteiger partial charge is 0.135 e. The molecule has 0 radical (unpaired) electrons. The van der Waals surface area contributed by atoms with E-state index in [4.69, 9.17) is 4.74 Å². The molecule has 4 saturated carbocycles. The van der Waals surface area contributed by atoms with E-state index in [1.807, 2.05) is 0 Å². The summed E-state index contributed by atoms with van der Waals surface area (Å²) in [6, 6.07) is 45.4. The van der Waals surface area contributed by atoms with E-state index in [-0.39, 0.29) is 5.41 Å². The van der Waals surface area contributed by atoms with Gasteiger partial charge in [-0.05, 0) is 129 Å². The van der Waals surface area contributed by atoms with Crippen molar-refractivity contribution in [1.29, 1.82) is 0 Å². The largest absolute Gasteiger partial charge is 0.456 e. The lowest BCUT2D eigenvalue weighted by Crippen LogP contribution is -2.55. The number of benzene rings is 6. The van der Waals surface area contributed by atoms with Gasteiger partial charge in [0, 0.05) is 16.4 Å². The number of ether oxygens (including phenoxy) is 1. The predicted molar refractivity (Wildman–Crippen MR) is 184 cm³/mol. The summed E-state index contributed by atoms with van der Waals surface area (Å²) in [5.41, 5.74) is 13.9. The summed E-state index contributed by atoms with van der Waals surface area (Å²) in [7, 11) is 0. The number of hydrogen-bond acceptors (Lipinski definition) is 1. The standard InChI is InChI=1S/C44H34O/c1-2-8-28(9-3-1)29-16-18-40-37(25-29)35-12-6-11-34-32(17-19-41(45-40)43(34)35)33-13-7-15-39-42(33)36-10-4-5-14-38(36)44(39)30-21-26-20-27(23-30)24-31(44)22-26/h1-19,25-27,30-31H,20-24H2. The molecule has 1 aliphatic heterocycles. The van der Waals surface area contributed by atoms with Crippen LogP contribution >= 0.6 is 0 Å². The topological polar surface area (TPSA) is 9.23 Å². The van der Waals surface area contributed by atoms with Crippen molar-refractivity contribution in [1.82, 2.24) is 0 Å². The van der Waals surface area contributed by atoms with Crippen LogP contribution in [-0.2, 0) is 5.41 Å². The zero-order chi connectivity index (χ0) is 29.3. The molecule has 0 unspecified atom stereocenters. The Morgan fingerprint density at radius 2 is 1.16 bits per heavy atom. The lowest BCUT2D eigenvalue weighted by molar-refractivity contribution is -0.0399. The molecule has 6 aromatic carbocycles. The van der Waals surface area contributed by atoms with Crippen LogP contribution < -0.4 is 4.74 Å². The van der Waals surface area contributed by atoms with E-state index in [0.29, 0.717) is 0 Å². The van der Waals surface area contributed by atoms with Gasteiger partial charge in [0.15, 0.2) is 0 Å². The summed E-state index contributed by atoms with van der Waals surface area (Å²) < 4.78 is 6.63. The van der Waals surface area contributed by atoms with Crippen LogP contribution in [0, 0.1) is 23.7 Å². The van der Waals surface area contributed by atoms with Crippen LogP contribution in [0.2, 0.25) is 0 Å².